The Morgan fingerprint density at radius 2 is 1.20 bits per heavy atom. The van der Waals surface area contributed by atoms with E-state index in [1.54, 1.807) is 67.5 Å². The molecule has 14 nitrogen and oxygen atoms in total. The van der Waals surface area contributed by atoms with Crippen LogP contribution in [0, 0.1) is 6.92 Å². The molecule has 7 rings (SSSR count). The fourth-order valence-electron chi connectivity index (χ4n) is 8.56. The van der Waals surface area contributed by atoms with Crippen molar-refractivity contribution >= 4 is 58.4 Å². The van der Waals surface area contributed by atoms with Crippen molar-refractivity contribution in [2.24, 2.45) is 0 Å². The van der Waals surface area contributed by atoms with E-state index in [-0.39, 0.29) is 47.5 Å². The van der Waals surface area contributed by atoms with Crippen LogP contribution >= 0.6 is 11.6 Å². The van der Waals surface area contributed by atoms with E-state index >= 15 is 0 Å². The van der Waals surface area contributed by atoms with Crippen LogP contribution in [-0.4, -0.2) is 115 Å². The monoisotopic (exact) mass is 830 g/mol. The number of nitrogens with zero attached hydrogens (tertiary/aromatic N) is 3. The zero-order valence-corrected chi connectivity index (χ0v) is 34.8. The highest BCUT2D eigenvalue weighted by atomic mass is 35.5. The Morgan fingerprint density at radius 1 is 0.712 bits per heavy atom. The van der Waals surface area contributed by atoms with E-state index in [1.165, 1.54) is 5.56 Å². The summed E-state index contributed by atoms with van der Waals surface area (Å²) in [5.74, 6) is -0.688. The molecule has 0 radical (unpaired) electrons. The van der Waals surface area contributed by atoms with Crippen LogP contribution < -0.4 is 26.6 Å². The number of aryl methyl sites for hydroxylation is 1. The summed E-state index contributed by atoms with van der Waals surface area (Å²) in [5.41, 5.74) is 4.38. The van der Waals surface area contributed by atoms with Gasteiger partial charge in [-0.1, -0.05) is 35.9 Å². The highest BCUT2D eigenvalue weighted by Gasteiger charge is 2.42. The molecule has 0 aliphatic carbocycles. The lowest BCUT2D eigenvalue weighted by molar-refractivity contribution is -0.136. The quantitative estimate of drug-likeness (QED) is 0.198. The second-order valence-corrected chi connectivity index (χ2v) is 16.0. The third-order valence-corrected chi connectivity index (χ3v) is 12.1. The molecule has 4 heterocycles. The van der Waals surface area contributed by atoms with Crippen LogP contribution in [-0.2, 0) is 25.7 Å². The van der Waals surface area contributed by atoms with E-state index in [0.29, 0.717) is 48.2 Å². The molecule has 0 unspecified atom stereocenters. The number of amides is 6. The number of carbonyl (C=O) groups excluding carboxylic acids is 6. The van der Waals surface area contributed by atoms with Gasteiger partial charge in [0, 0.05) is 89.1 Å². The fourth-order valence-corrected chi connectivity index (χ4v) is 8.67. The maximum Gasteiger partial charge on any atom is 0.251 e. The van der Waals surface area contributed by atoms with Crippen LogP contribution in [0.25, 0.3) is 0 Å². The second-order valence-electron chi connectivity index (χ2n) is 15.6. The van der Waals surface area contributed by atoms with E-state index < -0.39 is 12.1 Å². The molecule has 4 aliphatic rings. The summed E-state index contributed by atoms with van der Waals surface area (Å²) in [6.07, 6.45) is 5.31. The Bertz CT molecular complexity index is 2040. The van der Waals surface area contributed by atoms with Gasteiger partial charge in [0.15, 0.2) is 0 Å². The Kier molecular flexibility index (Phi) is 14.3. The fraction of sp³-hybridized carbons (Fsp3) is 0.455. The van der Waals surface area contributed by atoms with E-state index in [0.717, 1.165) is 69.0 Å². The van der Waals surface area contributed by atoms with Crippen molar-refractivity contribution in [3.05, 3.63) is 94.0 Å². The molecule has 0 bridgehead atoms. The molecule has 15 heteroatoms. The Hall–Kier alpha value is -5.31. The highest BCUT2D eigenvalue weighted by Crippen LogP contribution is 2.30. The maximum absolute atomic E-state index is 13.1. The van der Waals surface area contributed by atoms with Gasteiger partial charge in [-0.3, -0.25) is 33.7 Å². The van der Waals surface area contributed by atoms with Gasteiger partial charge in [0.2, 0.25) is 23.6 Å². The molecule has 4 saturated heterocycles. The number of halogens is 1. The van der Waals surface area contributed by atoms with Gasteiger partial charge in [0.05, 0.1) is 0 Å². The summed E-state index contributed by atoms with van der Waals surface area (Å²) in [6.45, 7) is 6.35. The third kappa shape index (κ3) is 10.9. The van der Waals surface area contributed by atoms with Gasteiger partial charge < -0.3 is 36.4 Å². The topological polar surface area (TPSA) is 172 Å². The van der Waals surface area contributed by atoms with Crippen LogP contribution in [0.15, 0.2) is 66.7 Å². The molecule has 316 valence electrons. The molecule has 3 aromatic rings. The Labute approximate surface area is 353 Å². The van der Waals surface area contributed by atoms with Gasteiger partial charge in [-0.2, -0.15) is 0 Å². The molecule has 59 heavy (non-hydrogen) atoms. The molecule has 0 saturated carbocycles. The average molecular weight is 831 g/mol. The number of rotatable bonds is 10. The van der Waals surface area contributed by atoms with Crippen molar-refractivity contribution in [3.8, 4) is 0 Å². The number of likely N-dealkylation sites (tertiary alicyclic amines) is 3. The van der Waals surface area contributed by atoms with E-state index in [4.69, 9.17) is 14.6 Å². The Morgan fingerprint density at radius 3 is 1.68 bits per heavy atom. The largest absolute Gasteiger partial charge is 0.355 e. The lowest BCUT2D eigenvalue weighted by atomic mass is 10.0. The van der Waals surface area contributed by atoms with Gasteiger partial charge >= 0.3 is 0 Å². The average Bonchev–Trinajstić information content (AvgIpc) is 3.88. The first kappa shape index (κ1) is 41.8. The number of hydrogen-bond acceptors (Lipinski definition) is 8. The molecule has 4 fully saturated rings. The summed E-state index contributed by atoms with van der Waals surface area (Å²) in [5, 5.41) is 15.0. The summed E-state index contributed by atoms with van der Waals surface area (Å²) < 4.78 is 10.0. The number of benzene rings is 3. The first-order chi connectivity index (χ1) is 29.4. The minimum absolute atomic E-state index is 0.0473. The van der Waals surface area contributed by atoms with Crippen LogP contribution in [0.2, 0.25) is 5.02 Å². The minimum atomic E-state index is -0.480. The molecule has 5 N–H and O–H groups in total. The zero-order chi connectivity index (χ0) is 44.1. The standard InChI is InChI=1S/C26H31ClN4O3.C18H24N4O3.H2/c1-17-14-18(6-7-22(17)27)16-30-12-10-21(11-13-30)31-23(8-9-24(31)32)26(34)29-20-5-3-4-19(15-20)25(33)28-2;1-19-17(24)12-3-2-4-13(11-12)21-18(25)15-5-6-16(23)22(15)14-7-9-20-10-8-14;/h3-7,14-15,21,23H,8-13,16H2,1-2H3,(H,28,33)(H,29,34);2-4,11,14-15,20H,5-10H2,1H3,(H,19,24)(H,21,25);1H/t23-;15-;/m11./s1/i;;1+1D. The number of piperidine rings is 2. The molecule has 3 aromatic carbocycles. The van der Waals surface area contributed by atoms with Crippen LogP contribution in [0.4, 0.5) is 11.4 Å². The first-order valence-corrected chi connectivity index (χ1v) is 20.9. The van der Waals surface area contributed by atoms with Gasteiger partial charge in [0.1, 0.15) is 12.1 Å². The minimum Gasteiger partial charge on any atom is -0.355 e. The highest BCUT2D eigenvalue weighted by molar-refractivity contribution is 6.31. The number of anilines is 2. The molecule has 6 amide bonds. The van der Waals surface area contributed by atoms with Crippen molar-refractivity contribution < 1.29 is 31.7 Å². The van der Waals surface area contributed by atoms with Crippen molar-refractivity contribution in [2.75, 3.05) is 50.9 Å². The van der Waals surface area contributed by atoms with Gasteiger partial charge in [-0.25, -0.2) is 0 Å². The van der Waals surface area contributed by atoms with Crippen molar-refractivity contribution in [2.45, 2.75) is 89.0 Å². The van der Waals surface area contributed by atoms with Gasteiger partial charge in [-0.15, -0.1) is 0 Å². The van der Waals surface area contributed by atoms with Gasteiger partial charge in [0.25, 0.3) is 11.8 Å². The predicted molar refractivity (Wildman–Crippen MR) is 229 cm³/mol. The normalized spacial score (nSPS) is 20.3. The summed E-state index contributed by atoms with van der Waals surface area (Å²) in [6, 6.07) is 19.0. The van der Waals surface area contributed by atoms with E-state index in [1.807, 2.05) is 17.9 Å². The van der Waals surface area contributed by atoms with Crippen molar-refractivity contribution in [3.63, 3.8) is 0 Å². The van der Waals surface area contributed by atoms with E-state index in [2.05, 4.69) is 43.6 Å². The van der Waals surface area contributed by atoms with Gasteiger partial charge in [-0.05, 0) is 112 Å². The van der Waals surface area contributed by atoms with Crippen LogP contribution in [0.3, 0.4) is 0 Å². The van der Waals surface area contributed by atoms with E-state index in [9.17, 15) is 28.8 Å². The molecule has 2 atom stereocenters. The summed E-state index contributed by atoms with van der Waals surface area (Å²) >= 11 is 6.15. The number of hydrogen-bond donors (Lipinski definition) is 5. The van der Waals surface area contributed by atoms with Crippen LogP contribution in [0.1, 0.15) is 86.2 Å². The maximum atomic E-state index is 13.1. The molecular weight excluding hydrogens is 772 g/mol. The number of carbonyl (C=O) groups is 6. The number of nitrogens with one attached hydrogen (secondary N) is 5. The molecule has 4 aliphatic heterocycles. The SMILES string of the molecule is CNC(=O)c1cccc(NC(=O)[C@H]2CCC(=O)N2C2CCN(Cc3ccc(Cl)c(C)c3)CC2)c1.CNC(=O)c1cccc(NC(=O)[C@H]2CCC(=O)N2C2CCNCC2)c1.[2H][2H]. The first-order valence-electron chi connectivity index (χ1n) is 21.5. The molecular formula is C44H57ClN8O6. The summed E-state index contributed by atoms with van der Waals surface area (Å²) in [7, 11) is 3.13. The van der Waals surface area contributed by atoms with Crippen molar-refractivity contribution in [1.29, 1.82) is 0 Å². The molecule has 0 spiro atoms. The third-order valence-electron chi connectivity index (χ3n) is 11.6. The smallest absolute Gasteiger partial charge is 0.251 e. The molecule has 0 aromatic heterocycles. The summed E-state index contributed by atoms with van der Waals surface area (Å²) in [4.78, 5) is 80.5. The second kappa shape index (κ2) is 20.1. The van der Waals surface area contributed by atoms with Crippen molar-refractivity contribution in [1.82, 2.24) is 30.7 Å². The lowest BCUT2D eigenvalue weighted by Crippen LogP contribution is -2.51. The zero-order valence-electron chi connectivity index (χ0n) is 36.0. The Balaban J connectivity index is 0.000000232. The van der Waals surface area contributed by atoms with Crippen LogP contribution in [0.5, 0.6) is 0 Å². The predicted octanol–water partition coefficient (Wildman–Crippen LogP) is 4.58. The lowest BCUT2D eigenvalue weighted by Gasteiger charge is -2.39.